The molecule has 0 unspecified atom stereocenters. The minimum Gasteiger partial charge on any atom is -0.428 e. The summed E-state index contributed by atoms with van der Waals surface area (Å²) >= 11 is 0. The van der Waals surface area contributed by atoms with Gasteiger partial charge in [-0.25, -0.2) is 13.2 Å². The first kappa shape index (κ1) is 31.0. The number of carbonyl (C=O) groups is 2. The maximum atomic E-state index is 14.6. The molecule has 2 amide bonds. The van der Waals surface area contributed by atoms with E-state index < -0.39 is 82.4 Å². The standard InChI is InChI=1S/C25H14F10N2O4/c26-15-4-2-13(3-5-15)23(11-20(38)37-40,14-8-16(27)10-17(9-14)41-25(34,35)22(29)30)36-21(39)12-1-6-19(28)18(7-12)24(31,32)33/h1-10,22H,11H2,(H,36,39)/t23-/m1/s1. The minimum absolute atomic E-state index is 0.0865. The molecule has 1 atom stereocenters. The molecule has 6 nitrogen and oxygen atoms in total. The highest BCUT2D eigenvalue weighted by molar-refractivity contribution is 5.96. The van der Waals surface area contributed by atoms with Gasteiger partial charge in [-0.05, 0) is 53.6 Å². The normalized spacial score (nSPS) is 13.4. The summed E-state index contributed by atoms with van der Waals surface area (Å²) in [7, 11) is 0. The fraction of sp³-hybridized carbons (Fsp3) is 0.200. The highest BCUT2D eigenvalue weighted by Gasteiger charge is 2.45. The van der Waals surface area contributed by atoms with Gasteiger partial charge in [-0.2, -0.15) is 30.7 Å². The van der Waals surface area contributed by atoms with E-state index in [4.69, 9.17) is 0 Å². The van der Waals surface area contributed by atoms with Crippen molar-refractivity contribution in [3.8, 4) is 5.75 Å². The fourth-order valence-corrected chi connectivity index (χ4v) is 3.77. The average Bonchev–Trinajstić information content (AvgIpc) is 2.87. The number of hydrogen-bond acceptors (Lipinski definition) is 4. The zero-order valence-electron chi connectivity index (χ0n) is 19.9. The molecule has 0 aliphatic rings. The van der Waals surface area contributed by atoms with Gasteiger partial charge in [0.05, 0.1) is 17.5 Å². The molecule has 0 spiro atoms. The molecule has 218 valence electrons. The van der Waals surface area contributed by atoms with E-state index in [-0.39, 0.29) is 23.8 Å². The van der Waals surface area contributed by atoms with Crippen LogP contribution in [0.5, 0.6) is 5.75 Å². The summed E-state index contributed by atoms with van der Waals surface area (Å²) in [6.07, 6.45) is -16.1. The van der Waals surface area contributed by atoms with Crippen LogP contribution in [0.15, 0.2) is 65.8 Å². The van der Waals surface area contributed by atoms with Crippen LogP contribution >= 0.6 is 0 Å². The largest absolute Gasteiger partial charge is 0.461 e. The summed E-state index contributed by atoms with van der Waals surface area (Å²) in [5, 5.41) is 4.22. The fourth-order valence-electron chi connectivity index (χ4n) is 3.77. The number of benzene rings is 3. The first-order valence-electron chi connectivity index (χ1n) is 11.0. The van der Waals surface area contributed by atoms with Crippen LogP contribution in [0.2, 0.25) is 0 Å². The molecular weight excluding hydrogens is 582 g/mol. The molecule has 0 bridgehead atoms. The van der Waals surface area contributed by atoms with Gasteiger partial charge in [0, 0.05) is 16.8 Å². The lowest BCUT2D eigenvalue weighted by Crippen LogP contribution is -2.48. The number of nitrogens with zero attached hydrogens (tertiary/aromatic N) is 1. The van der Waals surface area contributed by atoms with Gasteiger partial charge in [0.1, 0.15) is 23.2 Å². The zero-order chi connectivity index (χ0) is 30.8. The molecule has 0 saturated carbocycles. The van der Waals surface area contributed by atoms with Crippen LogP contribution in [0.3, 0.4) is 0 Å². The van der Waals surface area contributed by atoms with Crippen molar-refractivity contribution < 1.29 is 58.2 Å². The van der Waals surface area contributed by atoms with Gasteiger partial charge < -0.3 is 10.1 Å². The van der Waals surface area contributed by atoms with Crippen molar-refractivity contribution in [2.45, 2.75) is 30.7 Å². The highest BCUT2D eigenvalue weighted by Crippen LogP contribution is 2.39. The maximum absolute atomic E-state index is 14.6. The predicted octanol–water partition coefficient (Wildman–Crippen LogP) is 6.72. The van der Waals surface area contributed by atoms with Gasteiger partial charge >= 0.3 is 18.7 Å². The second-order valence-electron chi connectivity index (χ2n) is 8.36. The third kappa shape index (κ3) is 6.99. The monoisotopic (exact) mass is 596 g/mol. The molecule has 0 aliphatic heterocycles. The molecule has 0 radical (unpaired) electrons. The number of rotatable bonds is 9. The summed E-state index contributed by atoms with van der Waals surface area (Å²) in [6, 6.07) is 5.39. The number of hydrogen-bond donors (Lipinski definition) is 1. The van der Waals surface area contributed by atoms with E-state index in [1.807, 2.05) is 0 Å². The molecule has 0 fully saturated rings. The molecular formula is C25H14F10N2O4. The van der Waals surface area contributed by atoms with Crippen molar-refractivity contribution in [3.63, 3.8) is 0 Å². The minimum atomic E-state index is -5.27. The van der Waals surface area contributed by atoms with Crippen LogP contribution in [0.1, 0.15) is 33.5 Å². The molecule has 1 N–H and O–H groups in total. The van der Waals surface area contributed by atoms with Gasteiger partial charge in [0.25, 0.3) is 11.8 Å². The maximum Gasteiger partial charge on any atom is 0.461 e. The SMILES string of the molecule is O=NC(=O)C[C@@](NC(=O)c1ccc(F)c(C(F)(F)F)c1)(c1ccc(F)cc1)c1cc(F)cc(OC(F)(F)C(F)F)c1. The number of carbonyl (C=O) groups excluding carboxylic acids is 2. The Labute approximate surface area is 222 Å². The number of nitrogens with one attached hydrogen (secondary N) is 1. The smallest absolute Gasteiger partial charge is 0.428 e. The van der Waals surface area contributed by atoms with E-state index in [2.05, 4.69) is 15.2 Å². The Hall–Kier alpha value is -4.50. The number of nitroso groups, excluding NO2 is 1. The van der Waals surface area contributed by atoms with E-state index in [0.29, 0.717) is 18.2 Å². The third-order valence-corrected chi connectivity index (χ3v) is 5.59. The van der Waals surface area contributed by atoms with Crippen LogP contribution in [0, 0.1) is 22.4 Å². The van der Waals surface area contributed by atoms with Crippen LogP contribution < -0.4 is 10.1 Å². The van der Waals surface area contributed by atoms with E-state index in [1.54, 1.807) is 0 Å². The number of ether oxygens (including phenoxy) is 1. The van der Waals surface area contributed by atoms with E-state index in [9.17, 15) is 58.4 Å². The summed E-state index contributed by atoms with van der Waals surface area (Å²) in [5.41, 5.74) is -6.47. The Bertz CT molecular complexity index is 1460. The molecule has 3 aromatic rings. The Morgan fingerprint density at radius 2 is 1.46 bits per heavy atom. The third-order valence-electron chi connectivity index (χ3n) is 5.59. The van der Waals surface area contributed by atoms with Crippen LogP contribution in [-0.2, 0) is 16.5 Å². The van der Waals surface area contributed by atoms with Gasteiger partial charge in [-0.1, -0.05) is 12.1 Å². The molecule has 3 rings (SSSR count). The summed E-state index contributed by atoms with van der Waals surface area (Å²) in [4.78, 5) is 36.4. The van der Waals surface area contributed by atoms with Crippen molar-refractivity contribution in [1.82, 2.24) is 5.32 Å². The molecule has 0 heterocycles. The van der Waals surface area contributed by atoms with Crippen molar-refractivity contribution in [3.05, 3.63) is 105 Å². The summed E-state index contributed by atoms with van der Waals surface area (Å²) in [5.74, 6) is -8.49. The molecule has 0 saturated heterocycles. The second kappa shape index (κ2) is 11.5. The Balaban J connectivity index is 2.28. The average molecular weight is 596 g/mol. The van der Waals surface area contributed by atoms with Crippen molar-refractivity contribution in [2.24, 2.45) is 5.18 Å². The Morgan fingerprint density at radius 1 is 0.829 bits per heavy atom. The van der Waals surface area contributed by atoms with E-state index in [0.717, 1.165) is 24.3 Å². The quantitative estimate of drug-likeness (QED) is 0.220. The Morgan fingerprint density at radius 3 is 2.02 bits per heavy atom. The van der Waals surface area contributed by atoms with Gasteiger partial charge in [0.15, 0.2) is 0 Å². The zero-order valence-corrected chi connectivity index (χ0v) is 19.9. The Kier molecular flexibility index (Phi) is 8.74. The summed E-state index contributed by atoms with van der Waals surface area (Å²) in [6.45, 7) is 0. The van der Waals surface area contributed by atoms with Crippen molar-refractivity contribution >= 4 is 11.8 Å². The molecule has 41 heavy (non-hydrogen) atoms. The molecule has 0 aliphatic carbocycles. The summed E-state index contributed by atoms with van der Waals surface area (Å²) < 4.78 is 138. The number of alkyl halides is 7. The topological polar surface area (TPSA) is 84.8 Å². The lowest BCUT2D eigenvalue weighted by molar-refractivity contribution is -0.253. The number of amides is 2. The predicted molar refractivity (Wildman–Crippen MR) is 119 cm³/mol. The first-order valence-corrected chi connectivity index (χ1v) is 11.0. The van der Waals surface area contributed by atoms with Gasteiger partial charge in [0.2, 0.25) is 0 Å². The van der Waals surface area contributed by atoms with E-state index >= 15 is 0 Å². The van der Waals surface area contributed by atoms with Crippen LogP contribution in [-0.4, -0.2) is 24.3 Å². The second-order valence-corrected chi connectivity index (χ2v) is 8.36. The first-order chi connectivity index (χ1) is 19.0. The van der Waals surface area contributed by atoms with Crippen molar-refractivity contribution in [2.75, 3.05) is 0 Å². The number of halogens is 10. The lowest BCUT2D eigenvalue weighted by atomic mass is 9.79. The van der Waals surface area contributed by atoms with Gasteiger partial charge in [-0.15, -0.1) is 4.91 Å². The van der Waals surface area contributed by atoms with Crippen molar-refractivity contribution in [1.29, 1.82) is 0 Å². The van der Waals surface area contributed by atoms with E-state index in [1.165, 1.54) is 0 Å². The van der Waals surface area contributed by atoms with Crippen LogP contribution in [0.4, 0.5) is 43.9 Å². The lowest BCUT2D eigenvalue weighted by Gasteiger charge is -2.35. The highest BCUT2D eigenvalue weighted by atomic mass is 19.4. The molecule has 16 heteroatoms. The molecule has 3 aromatic carbocycles. The van der Waals surface area contributed by atoms with Crippen LogP contribution in [0.25, 0.3) is 0 Å². The molecule has 0 aromatic heterocycles. The van der Waals surface area contributed by atoms with Gasteiger partial charge in [-0.3, -0.25) is 9.59 Å².